The summed E-state index contributed by atoms with van der Waals surface area (Å²) >= 11 is 5.80. The average molecular weight is 298 g/mol. The van der Waals surface area contributed by atoms with E-state index in [1.807, 2.05) is 6.07 Å². The first-order valence-electron chi connectivity index (χ1n) is 5.94. The van der Waals surface area contributed by atoms with Gasteiger partial charge in [0.1, 0.15) is 17.5 Å². The van der Waals surface area contributed by atoms with Crippen molar-refractivity contribution < 1.29 is 4.79 Å². The summed E-state index contributed by atoms with van der Waals surface area (Å²) in [7, 11) is 0. The molecule has 0 unspecified atom stereocenters. The number of halogens is 1. The largest absolute Gasteiger partial charge is 0.383 e. The van der Waals surface area contributed by atoms with Crippen LogP contribution in [0.5, 0.6) is 0 Å². The van der Waals surface area contributed by atoms with E-state index >= 15 is 0 Å². The number of carbonyl (C=O) groups excluding carboxylic acids is 1. The Labute approximate surface area is 124 Å². The van der Waals surface area contributed by atoms with E-state index in [9.17, 15) is 4.79 Å². The minimum absolute atomic E-state index is 0.140. The molecular formula is C14H8ClN5O. The lowest BCUT2D eigenvalue weighted by molar-refractivity contribution is 0.103. The number of benzene rings is 1. The van der Waals surface area contributed by atoms with Crippen molar-refractivity contribution in [1.29, 1.82) is 5.26 Å². The molecule has 0 amide bonds. The van der Waals surface area contributed by atoms with Crippen molar-refractivity contribution in [3.63, 3.8) is 0 Å². The van der Waals surface area contributed by atoms with E-state index in [0.717, 1.165) is 0 Å². The van der Waals surface area contributed by atoms with Crippen LogP contribution in [0.1, 0.15) is 21.5 Å². The molecule has 102 valence electrons. The molecule has 0 aliphatic carbocycles. The zero-order valence-corrected chi connectivity index (χ0v) is 11.4. The molecule has 21 heavy (non-hydrogen) atoms. The number of hydrogen-bond acceptors (Lipinski definition) is 5. The predicted octanol–water partition coefficient (Wildman–Crippen LogP) is 2.07. The second kappa shape index (κ2) is 4.89. The first kappa shape index (κ1) is 13.1. The van der Waals surface area contributed by atoms with Gasteiger partial charge in [0.05, 0.1) is 11.8 Å². The minimum Gasteiger partial charge on any atom is -0.383 e. The first-order valence-corrected chi connectivity index (χ1v) is 6.32. The predicted molar refractivity (Wildman–Crippen MR) is 77.0 cm³/mol. The molecule has 0 saturated carbocycles. The molecule has 1 aromatic carbocycles. The molecular weight excluding hydrogens is 290 g/mol. The molecule has 3 aromatic rings. The molecule has 0 spiro atoms. The first-order chi connectivity index (χ1) is 10.1. The average Bonchev–Trinajstić information content (AvgIpc) is 2.92. The normalized spacial score (nSPS) is 10.5. The number of fused-ring (bicyclic) bond motifs is 1. The van der Waals surface area contributed by atoms with Crippen LogP contribution < -0.4 is 5.73 Å². The number of nitrogen functional groups attached to an aromatic ring is 1. The maximum Gasteiger partial charge on any atom is 0.198 e. The fourth-order valence-corrected chi connectivity index (χ4v) is 2.08. The van der Waals surface area contributed by atoms with Crippen LogP contribution in [0.25, 0.3) is 5.65 Å². The third-order valence-electron chi connectivity index (χ3n) is 3.04. The van der Waals surface area contributed by atoms with Gasteiger partial charge < -0.3 is 5.73 Å². The molecule has 2 aromatic heterocycles. The Hall–Kier alpha value is -2.91. The molecule has 7 heteroatoms. The number of nitrogens with zero attached hydrogens (tertiary/aromatic N) is 4. The van der Waals surface area contributed by atoms with Gasteiger partial charge in [0.2, 0.25) is 0 Å². The van der Waals surface area contributed by atoms with Crippen molar-refractivity contribution in [2.45, 2.75) is 0 Å². The van der Waals surface area contributed by atoms with Gasteiger partial charge in [0, 0.05) is 16.8 Å². The molecule has 0 aliphatic rings. The van der Waals surface area contributed by atoms with Crippen molar-refractivity contribution in [3.05, 3.63) is 58.4 Å². The number of anilines is 1. The smallest absolute Gasteiger partial charge is 0.198 e. The van der Waals surface area contributed by atoms with E-state index in [-0.39, 0.29) is 17.2 Å². The zero-order valence-electron chi connectivity index (χ0n) is 10.6. The number of nitriles is 1. The zero-order chi connectivity index (χ0) is 15.0. The Morgan fingerprint density at radius 3 is 2.67 bits per heavy atom. The van der Waals surface area contributed by atoms with Gasteiger partial charge >= 0.3 is 0 Å². The Balaban J connectivity index is 2.13. The Bertz CT molecular complexity index is 892. The van der Waals surface area contributed by atoms with Gasteiger partial charge in [0.25, 0.3) is 0 Å². The summed E-state index contributed by atoms with van der Waals surface area (Å²) in [5.74, 6) is -0.144. The van der Waals surface area contributed by atoms with Gasteiger partial charge in [0.15, 0.2) is 11.4 Å². The third kappa shape index (κ3) is 2.10. The summed E-state index contributed by atoms with van der Waals surface area (Å²) in [5, 5.41) is 13.4. The molecule has 2 N–H and O–H groups in total. The lowest BCUT2D eigenvalue weighted by Gasteiger charge is -2.06. The summed E-state index contributed by atoms with van der Waals surface area (Å²) in [6, 6.07) is 8.43. The summed E-state index contributed by atoms with van der Waals surface area (Å²) < 4.78 is 1.28. The number of hydrogen-bond donors (Lipinski definition) is 1. The van der Waals surface area contributed by atoms with Crippen LogP contribution in [-0.4, -0.2) is 20.4 Å². The summed E-state index contributed by atoms with van der Waals surface area (Å²) in [6.45, 7) is 0. The lowest BCUT2D eigenvalue weighted by Crippen LogP contribution is -2.11. The van der Waals surface area contributed by atoms with E-state index in [4.69, 9.17) is 22.6 Å². The fourth-order valence-electron chi connectivity index (χ4n) is 1.96. The molecule has 3 rings (SSSR count). The van der Waals surface area contributed by atoms with Crippen molar-refractivity contribution in [3.8, 4) is 6.07 Å². The second-order valence-electron chi connectivity index (χ2n) is 4.30. The molecule has 0 aliphatic heterocycles. The van der Waals surface area contributed by atoms with E-state index in [2.05, 4.69) is 10.1 Å². The van der Waals surface area contributed by atoms with Gasteiger partial charge in [-0.25, -0.2) is 4.98 Å². The standard InChI is InChI=1S/C14H8ClN5O/c15-10-3-1-8(2-4-10)12(21)11-7-18-14-9(5-16)6-19-20(14)13(11)17/h1-4,6-7H,17H2. The van der Waals surface area contributed by atoms with Crippen LogP contribution in [0.3, 0.4) is 0 Å². The molecule has 0 saturated heterocycles. The Kier molecular flexibility index (Phi) is 3.05. The highest BCUT2D eigenvalue weighted by Gasteiger charge is 2.17. The van der Waals surface area contributed by atoms with Crippen LogP contribution in [0, 0.1) is 11.3 Å². The molecule has 0 atom stereocenters. The summed E-state index contributed by atoms with van der Waals surface area (Å²) in [4.78, 5) is 16.5. The van der Waals surface area contributed by atoms with Crippen molar-refractivity contribution in [2.75, 3.05) is 5.73 Å². The van der Waals surface area contributed by atoms with Crippen molar-refractivity contribution >= 4 is 28.8 Å². The second-order valence-corrected chi connectivity index (χ2v) is 4.74. The topological polar surface area (TPSA) is 97.1 Å². The van der Waals surface area contributed by atoms with Crippen LogP contribution in [0.15, 0.2) is 36.7 Å². The molecule has 0 bridgehead atoms. The fraction of sp³-hybridized carbons (Fsp3) is 0. The van der Waals surface area contributed by atoms with E-state index in [0.29, 0.717) is 21.8 Å². The van der Waals surface area contributed by atoms with Gasteiger partial charge in [-0.1, -0.05) is 11.6 Å². The van der Waals surface area contributed by atoms with E-state index in [1.54, 1.807) is 24.3 Å². The highest BCUT2D eigenvalue weighted by Crippen LogP contribution is 2.19. The monoisotopic (exact) mass is 297 g/mol. The molecule has 0 fully saturated rings. The summed E-state index contributed by atoms with van der Waals surface area (Å²) in [5.41, 5.74) is 7.24. The van der Waals surface area contributed by atoms with Crippen LogP contribution in [0.4, 0.5) is 5.82 Å². The van der Waals surface area contributed by atoms with Crippen molar-refractivity contribution in [2.24, 2.45) is 0 Å². The number of carbonyl (C=O) groups is 1. The lowest BCUT2D eigenvalue weighted by atomic mass is 10.1. The Morgan fingerprint density at radius 1 is 1.29 bits per heavy atom. The Morgan fingerprint density at radius 2 is 2.00 bits per heavy atom. The highest BCUT2D eigenvalue weighted by atomic mass is 35.5. The van der Waals surface area contributed by atoms with Crippen LogP contribution in [0.2, 0.25) is 5.02 Å². The van der Waals surface area contributed by atoms with Gasteiger partial charge in [-0.3, -0.25) is 4.79 Å². The van der Waals surface area contributed by atoms with Crippen LogP contribution in [-0.2, 0) is 0 Å². The van der Waals surface area contributed by atoms with Gasteiger partial charge in [-0.2, -0.15) is 14.9 Å². The molecule has 2 heterocycles. The molecule has 0 radical (unpaired) electrons. The summed E-state index contributed by atoms with van der Waals surface area (Å²) in [6.07, 6.45) is 2.71. The maximum atomic E-state index is 12.4. The van der Waals surface area contributed by atoms with Gasteiger partial charge in [-0.15, -0.1) is 0 Å². The van der Waals surface area contributed by atoms with Gasteiger partial charge in [-0.05, 0) is 24.3 Å². The SMILES string of the molecule is N#Cc1cnn2c(N)c(C(=O)c3ccc(Cl)cc3)cnc12. The maximum absolute atomic E-state index is 12.4. The van der Waals surface area contributed by atoms with E-state index in [1.165, 1.54) is 16.9 Å². The van der Waals surface area contributed by atoms with E-state index < -0.39 is 0 Å². The number of aromatic nitrogens is 3. The van der Waals surface area contributed by atoms with Crippen molar-refractivity contribution in [1.82, 2.24) is 14.6 Å². The van der Waals surface area contributed by atoms with Crippen LogP contribution >= 0.6 is 11.6 Å². The number of nitrogens with two attached hydrogens (primary N) is 1. The number of ketones is 1. The number of rotatable bonds is 2. The highest BCUT2D eigenvalue weighted by molar-refractivity contribution is 6.30. The third-order valence-corrected chi connectivity index (χ3v) is 3.29. The molecule has 6 nitrogen and oxygen atoms in total. The minimum atomic E-state index is -0.285. The quantitative estimate of drug-likeness (QED) is 0.730.